The Hall–Kier alpha value is -1.57. The van der Waals surface area contributed by atoms with Crippen molar-refractivity contribution in [2.24, 2.45) is 10.9 Å². The summed E-state index contributed by atoms with van der Waals surface area (Å²) in [5.74, 6) is 2.62. The zero-order valence-electron chi connectivity index (χ0n) is 16.8. The van der Waals surface area contributed by atoms with E-state index in [9.17, 15) is 0 Å². The Morgan fingerprint density at radius 1 is 1.15 bits per heavy atom. The first-order chi connectivity index (χ1) is 12.7. The first kappa shape index (κ1) is 23.5. The number of hydrogen-bond acceptors (Lipinski definition) is 2. The second-order valence-electron chi connectivity index (χ2n) is 6.97. The van der Waals surface area contributed by atoms with E-state index >= 15 is 0 Å². The number of aromatic nitrogens is 2. The molecule has 0 unspecified atom stereocenters. The van der Waals surface area contributed by atoms with Gasteiger partial charge in [0.1, 0.15) is 12.4 Å². The zero-order chi connectivity index (χ0) is 18.6. The van der Waals surface area contributed by atoms with E-state index in [2.05, 4.69) is 65.2 Å². The predicted octanol–water partition coefficient (Wildman–Crippen LogP) is 4.43. The number of halogens is 1. The largest absolute Gasteiger partial charge is 0.357 e. The molecule has 0 aliphatic rings. The summed E-state index contributed by atoms with van der Waals surface area (Å²) in [5, 5.41) is 6.74. The number of aliphatic imine (C=N–C) groups is 1. The maximum atomic E-state index is 4.70. The Morgan fingerprint density at radius 3 is 2.63 bits per heavy atom. The van der Waals surface area contributed by atoms with Gasteiger partial charge in [-0.2, -0.15) is 0 Å². The van der Waals surface area contributed by atoms with Crippen LogP contribution in [0.3, 0.4) is 0 Å². The van der Waals surface area contributed by atoms with E-state index in [1.54, 1.807) is 0 Å². The van der Waals surface area contributed by atoms with Crippen LogP contribution in [0.2, 0.25) is 0 Å². The lowest BCUT2D eigenvalue weighted by Gasteiger charge is -2.12. The van der Waals surface area contributed by atoms with Crippen molar-refractivity contribution in [3.63, 3.8) is 0 Å². The second-order valence-corrected chi connectivity index (χ2v) is 6.97. The Bertz CT molecular complexity index is 652. The standard InChI is InChI=1S/C21H33N5.HI/c1-4-22-21(24-13-9-8-10-18(2)3)25-16-20-23-14-15-26(20)17-19-11-6-5-7-12-19;/h5-7,11-12,14-15,18H,4,8-10,13,16-17H2,1-3H3,(H2,22,24,25);1H. The van der Waals surface area contributed by atoms with E-state index in [0.717, 1.165) is 37.3 Å². The Balaban J connectivity index is 0.00000364. The second kappa shape index (κ2) is 13.6. The monoisotopic (exact) mass is 483 g/mol. The van der Waals surface area contributed by atoms with Crippen molar-refractivity contribution < 1.29 is 0 Å². The lowest BCUT2D eigenvalue weighted by atomic mass is 10.1. The van der Waals surface area contributed by atoms with Crippen molar-refractivity contribution in [1.82, 2.24) is 20.2 Å². The summed E-state index contributed by atoms with van der Waals surface area (Å²) < 4.78 is 2.16. The number of imidazole rings is 1. The van der Waals surface area contributed by atoms with Gasteiger partial charge in [0.05, 0.1) is 0 Å². The molecule has 150 valence electrons. The van der Waals surface area contributed by atoms with Gasteiger partial charge in [-0.25, -0.2) is 9.98 Å². The molecule has 0 aliphatic carbocycles. The van der Waals surface area contributed by atoms with Gasteiger partial charge in [-0.05, 0) is 24.8 Å². The van der Waals surface area contributed by atoms with Crippen LogP contribution in [-0.4, -0.2) is 28.6 Å². The SMILES string of the molecule is CCNC(=NCc1nccn1Cc1ccccc1)NCCCCC(C)C.I. The third-order valence-corrected chi connectivity index (χ3v) is 4.22. The predicted molar refractivity (Wildman–Crippen MR) is 125 cm³/mol. The molecular weight excluding hydrogens is 449 g/mol. The molecule has 27 heavy (non-hydrogen) atoms. The highest BCUT2D eigenvalue weighted by molar-refractivity contribution is 14.0. The molecule has 2 N–H and O–H groups in total. The van der Waals surface area contributed by atoms with Gasteiger partial charge >= 0.3 is 0 Å². The number of guanidine groups is 1. The molecular formula is C21H34IN5. The van der Waals surface area contributed by atoms with Crippen LogP contribution in [0.4, 0.5) is 0 Å². The Labute approximate surface area is 181 Å². The highest BCUT2D eigenvalue weighted by Crippen LogP contribution is 2.07. The lowest BCUT2D eigenvalue weighted by Crippen LogP contribution is -2.37. The van der Waals surface area contributed by atoms with E-state index in [4.69, 9.17) is 4.99 Å². The van der Waals surface area contributed by atoms with Crippen molar-refractivity contribution in [1.29, 1.82) is 0 Å². The molecule has 2 aromatic rings. The van der Waals surface area contributed by atoms with Crippen LogP contribution in [-0.2, 0) is 13.1 Å². The van der Waals surface area contributed by atoms with Crippen molar-refractivity contribution >= 4 is 29.9 Å². The van der Waals surface area contributed by atoms with Gasteiger partial charge in [0, 0.05) is 32.0 Å². The van der Waals surface area contributed by atoms with Gasteiger partial charge in [0.15, 0.2) is 5.96 Å². The Morgan fingerprint density at radius 2 is 1.93 bits per heavy atom. The zero-order valence-corrected chi connectivity index (χ0v) is 19.1. The average molecular weight is 483 g/mol. The van der Waals surface area contributed by atoms with Crippen LogP contribution >= 0.6 is 24.0 Å². The van der Waals surface area contributed by atoms with Gasteiger partial charge in [-0.1, -0.05) is 57.0 Å². The van der Waals surface area contributed by atoms with Crippen molar-refractivity contribution in [2.75, 3.05) is 13.1 Å². The first-order valence-corrected chi connectivity index (χ1v) is 9.75. The van der Waals surface area contributed by atoms with Crippen molar-refractivity contribution in [3.05, 3.63) is 54.1 Å². The maximum Gasteiger partial charge on any atom is 0.191 e. The highest BCUT2D eigenvalue weighted by atomic mass is 127. The summed E-state index contributed by atoms with van der Waals surface area (Å²) in [6.07, 6.45) is 7.58. The molecule has 0 fully saturated rings. The topological polar surface area (TPSA) is 54.2 Å². The fourth-order valence-corrected chi connectivity index (χ4v) is 2.79. The quantitative estimate of drug-likeness (QED) is 0.228. The van der Waals surface area contributed by atoms with Crippen LogP contribution in [0, 0.1) is 5.92 Å². The molecule has 2 rings (SSSR count). The number of rotatable bonds is 10. The molecule has 0 radical (unpaired) electrons. The normalized spacial score (nSPS) is 11.3. The summed E-state index contributed by atoms with van der Waals surface area (Å²) in [4.78, 5) is 9.18. The lowest BCUT2D eigenvalue weighted by molar-refractivity contribution is 0.534. The van der Waals surface area contributed by atoms with E-state index in [0.29, 0.717) is 6.54 Å². The van der Waals surface area contributed by atoms with E-state index in [1.165, 1.54) is 24.8 Å². The first-order valence-electron chi connectivity index (χ1n) is 9.75. The summed E-state index contributed by atoms with van der Waals surface area (Å²) >= 11 is 0. The Kier molecular flexibility index (Phi) is 11.8. The number of nitrogens with zero attached hydrogens (tertiary/aromatic N) is 3. The van der Waals surface area contributed by atoms with Crippen molar-refractivity contribution in [2.45, 2.75) is 53.1 Å². The molecule has 0 spiro atoms. The minimum Gasteiger partial charge on any atom is -0.357 e. The van der Waals surface area contributed by atoms with Gasteiger partial charge in [0.25, 0.3) is 0 Å². The minimum absolute atomic E-state index is 0. The van der Waals surface area contributed by atoms with E-state index in [1.807, 2.05) is 18.5 Å². The van der Waals surface area contributed by atoms with Crippen LogP contribution in [0.1, 0.15) is 51.4 Å². The summed E-state index contributed by atoms with van der Waals surface area (Å²) in [6, 6.07) is 10.4. The van der Waals surface area contributed by atoms with Crippen LogP contribution in [0.25, 0.3) is 0 Å². The van der Waals surface area contributed by atoms with Gasteiger partial charge in [0.2, 0.25) is 0 Å². The molecule has 5 nitrogen and oxygen atoms in total. The summed E-state index contributed by atoms with van der Waals surface area (Å²) in [5.41, 5.74) is 1.27. The average Bonchev–Trinajstić information content (AvgIpc) is 3.07. The number of benzene rings is 1. The molecule has 1 heterocycles. The van der Waals surface area contributed by atoms with Crippen LogP contribution < -0.4 is 10.6 Å². The number of unbranched alkanes of at least 4 members (excludes halogenated alkanes) is 1. The van der Waals surface area contributed by atoms with E-state index < -0.39 is 0 Å². The van der Waals surface area contributed by atoms with Crippen LogP contribution in [0.15, 0.2) is 47.7 Å². The molecule has 0 bridgehead atoms. The van der Waals surface area contributed by atoms with E-state index in [-0.39, 0.29) is 24.0 Å². The molecule has 0 saturated heterocycles. The smallest absolute Gasteiger partial charge is 0.191 e. The van der Waals surface area contributed by atoms with Crippen LogP contribution in [0.5, 0.6) is 0 Å². The summed E-state index contributed by atoms with van der Waals surface area (Å²) in [7, 11) is 0. The molecule has 0 atom stereocenters. The fourth-order valence-electron chi connectivity index (χ4n) is 2.79. The third kappa shape index (κ3) is 9.26. The van der Waals surface area contributed by atoms with Gasteiger partial charge in [-0.3, -0.25) is 0 Å². The molecule has 0 amide bonds. The number of nitrogens with one attached hydrogen (secondary N) is 2. The van der Waals surface area contributed by atoms with Gasteiger partial charge < -0.3 is 15.2 Å². The minimum atomic E-state index is 0. The molecule has 0 saturated carbocycles. The highest BCUT2D eigenvalue weighted by Gasteiger charge is 2.04. The van der Waals surface area contributed by atoms with Gasteiger partial charge in [-0.15, -0.1) is 24.0 Å². The molecule has 0 aliphatic heterocycles. The summed E-state index contributed by atoms with van der Waals surface area (Å²) in [6.45, 7) is 9.85. The maximum absolute atomic E-state index is 4.70. The number of hydrogen-bond donors (Lipinski definition) is 2. The fraction of sp³-hybridized carbons (Fsp3) is 0.524. The third-order valence-electron chi connectivity index (χ3n) is 4.22. The molecule has 1 aromatic heterocycles. The molecule has 6 heteroatoms. The van der Waals surface area contributed by atoms with Crippen molar-refractivity contribution in [3.8, 4) is 0 Å². The molecule has 1 aromatic carbocycles.